The number of ether oxygens (including phenoxy) is 1. The van der Waals surface area contributed by atoms with E-state index in [2.05, 4.69) is 4.98 Å². The topological polar surface area (TPSA) is 76.5 Å². The predicted molar refractivity (Wildman–Crippen MR) is 88.5 cm³/mol. The van der Waals surface area contributed by atoms with Crippen LogP contribution in [0.2, 0.25) is 0 Å². The molecule has 1 atom stereocenters. The molecule has 0 fully saturated rings. The molecular weight excluding hydrogens is 333 g/mol. The molecule has 1 N–H and O–H groups in total. The lowest BCUT2D eigenvalue weighted by Gasteiger charge is -2.22. The zero-order chi connectivity index (χ0) is 17.7. The summed E-state index contributed by atoms with van der Waals surface area (Å²) in [5.41, 5.74) is 0.103. The van der Waals surface area contributed by atoms with Gasteiger partial charge >= 0.3 is 5.97 Å². The van der Waals surface area contributed by atoms with Crippen molar-refractivity contribution in [3.8, 4) is 10.6 Å². The highest BCUT2D eigenvalue weighted by Crippen LogP contribution is 2.26. The first-order valence-electron chi connectivity index (χ1n) is 7.28. The van der Waals surface area contributed by atoms with E-state index >= 15 is 0 Å². The van der Waals surface area contributed by atoms with Crippen LogP contribution in [0, 0.1) is 11.2 Å². The van der Waals surface area contributed by atoms with E-state index in [9.17, 15) is 19.1 Å². The van der Waals surface area contributed by atoms with Gasteiger partial charge in [-0.2, -0.15) is 0 Å². The molecule has 5 nitrogen and oxygen atoms in total. The molecule has 0 saturated heterocycles. The number of carboxylic acid groups (broad SMARTS) is 1. The van der Waals surface area contributed by atoms with E-state index in [0.717, 1.165) is 5.56 Å². The second kappa shape index (κ2) is 7.63. The minimum absolute atomic E-state index is 0.0357. The molecule has 1 heterocycles. The van der Waals surface area contributed by atoms with Crippen LogP contribution in [0.25, 0.3) is 10.6 Å². The van der Waals surface area contributed by atoms with Crippen molar-refractivity contribution >= 4 is 23.1 Å². The number of benzene rings is 1. The van der Waals surface area contributed by atoms with E-state index < -0.39 is 11.4 Å². The normalized spacial score (nSPS) is 13.5. The van der Waals surface area contributed by atoms with Gasteiger partial charge in [-0.25, -0.2) is 9.37 Å². The SMILES string of the molecule is COCC(C)(CC(=O)Cc1csc(-c2ccc(F)cc2)n1)C(=O)O. The van der Waals surface area contributed by atoms with Crippen LogP contribution in [0.15, 0.2) is 29.6 Å². The van der Waals surface area contributed by atoms with Gasteiger partial charge in [0, 0.05) is 30.9 Å². The van der Waals surface area contributed by atoms with Crippen LogP contribution in [0.5, 0.6) is 0 Å². The lowest BCUT2D eigenvalue weighted by atomic mass is 9.85. The minimum atomic E-state index is -1.25. The third-order valence-corrected chi connectivity index (χ3v) is 4.53. The molecule has 128 valence electrons. The highest BCUT2D eigenvalue weighted by Gasteiger charge is 2.35. The predicted octanol–water partition coefficient (Wildman–Crippen LogP) is 3.19. The molecule has 0 aliphatic rings. The van der Waals surface area contributed by atoms with Crippen molar-refractivity contribution in [1.82, 2.24) is 4.98 Å². The molecule has 0 amide bonds. The van der Waals surface area contributed by atoms with Crippen LogP contribution in [-0.2, 0) is 20.7 Å². The summed E-state index contributed by atoms with van der Waals surface area (Å²) in [6, 6.07) is 5.95. The Hall–Kier alpha value is -2.12. The number of methoxy groups -OCH3 is 1. The lowest BCUT2D eigenvalue weighted by molar-refractivity contribution is -0.153. The number of nitrogens with zero attached hydrogens (tertiary/aromatic N) is 1. The molecular formula is C17H18FNO4S. The summed E-state index contributed by atoms with van der Waals surface area (Å²) in [6.07, 6.45) is -0.0656. The van der Waals surface area contributed by atoms with Gasteiger partial charge in [0.05, 0.1) is 17.7 Å². The summed E-state index contributed by atoms with van der Waals surface area (Å²) < 4.78 is 17.9. The van der Waals surface area contributed by atoms with Crippen molar-refractivity contribution in [2.45, 2.75) is 19.8 Å². The number of thiazole rings is 1. The average Bonchev–Trinajstić information content (AvgIpc) is 2.96. The Morgan fingerprint density at radius 1 is 1.33 bits per heavy atom. The smallest absolute Gasteiger partial charge is 0.312 e. The van der Waals surface area contributed by atoms with Crippen LogP contribution in [0.3, 0.4) is 0 Å². The number of hydrogen-bond acceptors (Lipinski definition) is 5. The Balaban J connectivity index is 2.05. The number of carboxylic acids is 1. The van der Waals surface area contributed by atoms with E-state index in [1.165, 1.54) is 37.5 Å². The maximum absolute atomic E-state index is 12.9. The third-order valence-electron chi connectivity index (χ3n) is 3.59. The van der Waals surface area contributed by atoms with Gasteiger partial charge in [-0.05, 0) is 31.2 Å². The Labute approximate surface area is 143 Å². The highest BCUT2D eigenvalue weighted by molar-refractivity contribution is 7.13. The average molecular weight is 351 g/mol. The number of carbonyl (C=O) groups excluding carboxylic acids is 1. The molecule has 0 saturated carbocycles. The molecule has 0 aliphatic heterocycles. The largest absolute Gasteiger partial charge is 0.481 e. The number of aliphatic carboxylic acids is 1. The van der Waals surface area contributed by atoms with Gasteiger partial charge in [0.1, 0.15) is 16.6 Å². The summed E-state index contributed by atoms with van der Waals surface area (Å²) in [5, 5.41) is 11.7. The molecule has 1 unspecified atom stereocenters. The summed E-state index contributed by atoms with van der Waals surface area (Å²) in [7, 11) is 1.40. The van der Waals surface area contributed by atoms with Crippen LogP contribution in [0.1, 0.15) is 19.0 Å². The van der Waals surface area contributed by atoms with E-state index in [0.29, 0.717) is 10.7 Å². The molecule has 0 spiro atoms. The van der Waals surface area contributed by atoms with E-state index in [1.807, 2.05) is 0 Å². The zero-order valence-electron chi connectivity index (χ0n) is 13.4. The van der Waals surface area contributed by atoms with Crippen LogP contribution >= 0.6 is 11.3 Å². The van der Waals surface area contributed by atoms with Crippen LogP contribution < -0.4 is 0 Å². The van der Waals surface area contributed by atoms with Gasteiger partial charge in [0.15, 0.2) is 0 Å². The monoisotopic (exact) mass is 351 g/mol. The first-order valence-corrected chi connectivity index (χ1v) is 8.16. The maximum Gasteiger partial charge on any atom is 0.312 e. The van der Waals surface area contributed by atoms with Crippen molar-refractivity contribution in [2.24, 2.45) is 5.41 Å². The zero-order valence-corrected chi connectivity index (χ0v) is 14.2. The molecule has 0 aliphatic carbocycles. The molecule has 24 heavy (non-hydrogen) atoms. The molecule has 2 rings (SSSR count). The number of carbonyl (C=O) groups is 2. The first-order chi connectivity index (χ1) is 11.3. The second-order valence-electron chi connectivity index (χ2n) is 5.84. The van der Waals surface area contributed by atoms with Gasteiger partial charge in [0.2, 0.25) is 0 Å². The summed E-state index contributed by atoms with van der Waals surface area (Å²) in [4.78, 5) is 27.9. The van der Waals surface area contributed by atoms with Crippen molar-refractivity contribution < 1.29 is 23.8 Å². The number of ketones is 1. The fraction of sp³-hybridized carbons (Fsp3) is 0.353. The van der Waals surface area contributed by atoms with Crippen LogP contribution in [-0.4, -0.2) is 35.6 Å². The van der Waals surface area contributed by atoms with E-state index in [-0.39, 0.29) is 31.0 Å². The van der Waals surface area contributed by atoms with Crippen molar-refractivity contribution in [1.29, 1.82) is 0 Å². The van der Waals surface area contributed by atoms with Gasteiger partial charge in [-0.15, -0.1) is 11.3 Å². The van der Waals surface area contributed by atoms with Crippen molar-refractivity contribution in [3.63, 3.8) is 0 Å². The van der Waals surface area contributed by atoms with Crippen LogP contribution in [0.4, 0.5) is 4.39 Å². The molecule has 1 aromatic heterocycles. The maximum atomic E-state index is 12.9. The van der Waals surface area contributed by atoms with Gasteiger partial charge < -0.3 is 9.84 Å². The van der Waals surface area contributed by atoms with Crippen molar-refractivity contribution in [3.05, 3.63) is 41.2 Å². The molecule has 0 bridgehead atoms. The Kier molecular flexibility index (Phi) is 5.80. The Morgan fingerprint density at radius 2 is 2.00 bits per heavy atom. The summed E-state index contributed by atoms with van der Waals surface area (Å²) in [6.45, 7) is 1.45. The number of hydrogen-bond donors (Lipinski definition) is 1. The first kappa shape index (κ1) is 18.2. The summed E-state index contributed by atoms with van der Waals surface area (Å²) in [5.74, 6) is -1.60. The summed E-state index contributed by atoms with van der Waals surface area (Å²) >= 11 is 1.36. The number of rotatable bonds is 8. The number of Topliss-reactive ketones (excluding diaryl/α,β-unsaturated/α-hetero) is 1. The highest BCUT2D eigenvalue weighted by atomic mass is 32.1. The third kappa shape index (κ3) is 4.46. The fourth-order valence-corrected chi connectivity index (χ4v) is 3.15. The van der Waals surface area contributed by atoms with Gasteiger partial charge in [-0.1, -0.05) is 0 Å². The minimum Gasteiger partial charge on any atom is -0.481 e. The second-order valence-corrected chi connectivity index (χ2v) is 6.70. The van der Waals surface area contributed by atoms with E-state index in [1.54, 1.807) is 17.5 Å². The molecule has 0 radical (unpaired) electrons. The quantitative estimate of drug-likeness (QED) is 0.790. The van der Waals surface area contributed by atoms with Crippen molar-refractivity contribution in [2.75, 3.05) is 13.7 Å². The lowest BCUT2D eigenvalue weighted by Crippen LogP contribution is -2.35. The van der Waals surface area contributed by atoms with Gasteiger partial charge in [0.25, 0.3) is 0 Å². The molecule has 7 heteroatoms. The van der Waals surface area contributed by atoms with Gasteiger partial charge in [-0.3, -0.25) is 9.59 Å². The Bertz CT molecular complexity index is 728. The Morgan fingerprint density at radius 3 is 2.58 bits per heavy atom. The number of aromatic nitrogens is 1. The molecule has 1 aromatic carbocycles. The van der Waals surface area contributed by atoms with E-state index in [4.69, 9.17) is 4.74 Å². The number of halogens is 1. The fourth-order valence-electron chi connectivity index (χ4n) is 2.32. The standard InChI is InChI=1S/C17H18FNO4S/c1-17(10-23-2,16(21)22)8-14(20)7-13-9-24-15(19-13)11-3-5-12(18)6-4-11/h3-6,9H,7-8,10H2,1-2H3,(H,21,22). The molecule has 2 aromatic rings.